The first-order chi connectivity index (χ1) is 10.6. The largest absolute Gasteiger partial charge is 0.353 e. The van der Waals surface area contributed by atoms with Gasteiger partial charge < -0.3 is 5.32 Å². The minimum Gasteiger partial charge on any atom is -0.353 e. The maximum absolute atomic E-state index is 12.1. The Kier molecular flexibility index (Phi) is 7.06. The van der Waals surface area contributed by atoms with Crippen molar-refractivity contribution >= 4 is 21.6 Å². The molecule has 1 aromatic rings. The number of aryl methyl sites for hydroxylation is 1. The van der Waals surface area contributed by atoms with E-state index in [0.29, 0.717) is 31.0 Å². The van der Waals surface area contributed by atoms with E-state index in [2.05, 4.69) is 19.2 Å². The van der Waals surface area contributed by atoms with Crippen LogP contribution in [0.5, 0.6) is 0 Å². The topological polar surface area (TPSA) is 66.5 Å². The molecule has 0 aromatic heterocycles. The highest BCUT2D eigenvalue weighted by molar-refractivity contribution is 7.92. The average Bonchev–Trinajstić information content (AvgIpc) is 2.43. The van der Waals surface area contributed by atoms with Crippen LogP contribution in [0.4, 0.5) is 5.69 Å². The third-order valence-corrected chi connectivity index (χ3v) is 5.12. The molecule has 0 aliphatic carbocycles. The van der Waals surface area contributed by atoms with Crippen molar-refractivity contribution in [3.8, 4) is 0 Å². The summed E-state index contributed by atoms with van der Waals surface area (Å²) in [5.41, 5.74) is 1.57. The monoisotopic (exact) mass is 340 g/mol. The zero-order valence-corrected chi connectivity index (χ0v) is 15.5. The van der Waals surface area contributed by atoms with Crippen molar-refractivity contribution in [3.05, 3.63) is 29.8 Å². The highest BCUT2D eigenvalue weighted by atomic mass is 32.2. The molecule has 1 aromatic carbocycles. The molecule has 0 aliphatic heterocycles. The summed E-state index contributed by atoms with van der Waals surface area (Å²) in [6.45, 7) is 8.25. The molecule has 1 N–H and O–H groups in total. The van der Waals surface area contributed by atoms with Crippen LogP contribution in [0, 0.1) is 12.8 Å². The number of rotatable bonds is 8. The first-order valence-electron chi connectivity index (χ1n) is 7.95. The number of benzene rings is 1. The number of anilines is 1. The van der Waals surface area contributed by atoms with Gasteiger partial charge in [0, 0.05) is 19.0 Å². The van der Waals surface area contributed by atoms with Gasteiger partial charge in [0.15, 0.2) is 0 Å². The summed E-state index contributed by atoms with van der Waals surface area (Å²) < 4.78 is 25.5. The Morgan fingerprint density at radius 2 is 1.83 bits per heavy atom. The normalized spacial score (nSPS) is 13.0. The average molecular weight is 340 g/mol. The predicted octanol–water partition coefficient (Wildman–Crippen LogP) is 2.70. The Morgan fingerprint density at radius 1 is 1.22 bits per heavy atom. The zero-order valence-electron chi connectivity index (χ0n) is 14.7. The number of nitrogens with zero attached hydrogens (tertiary/aromatic N) is 1. The molecule has 1 rings (SSSR count). The first-order valence-corrected chi connectivity index (χ1v) is 9.80. The van der Waals surface area contributed by atoms with Crippen molar-refractivity contribution in [1.82, 2.24) is 5.32 Å². The Bertz CT molecular complexity index is 626. The van der Waals surface area contributed by atoms with Gasteiger partial charge in [0.25, 0.3) is 0 Å². The van der Waals surface area contributed by atoms with Crippen LogP contribution in [-0.2, 0) is 14.8 Å². The van der Waals surface area contributed by atoms with Crippen LogP contribution in [0.25, 0.3) is 0 Å². The number of carbonyl (C=O) groups is 1. The van der Waals surface area contributed by atoms with E-state index < -0.39 is 10.0 Å². The molecule has 0 heterocycles. The molecular formula is C17H28N2O3S. The van der Waals surface area contributed by atoms with Crippen LogP contribution in [0.15, 0.2) is 24.3 Å². The fourth-order valence-corrected chi connectivity index (χ4v) is 3.21. The van der Waals surface area contributed by atoms with Crippen molar-refractivity contribution < 1.29 is 13.2 Å². The first kappa shape index (κ1) is 19.5. The van der Waals surface area contributed by atoms with Crippen LogP contribution < -0.4 is 9.62 Å². The lowest BCUT2D eigenvalue weighted by Crippen LogP contribution is -2.37. The number of carbonyl (C=O) groups excluding carboxylic acids is 1. The zero-order chi connectivity index (χ0) is 17.6. The van der Waals surface area contributed by atoms with Crippen molar-refractivity contribution in [2.75, 3.05) is 17.1 Å². The van der Waals surface area contributed by atoms with E-state index in [4.69, 9.17) is 0 Å². The maximum Gasteiger partial charge on any atom is 0.232 e. The molecule has 0 saturated heterocycles. The minimum absolute atomic E-state index is 0.0376. The minimum atomic E-state index is -3.37. The predicted molar refractivity (Wildman–Crippen MR) is 95.0 cm³/mol. The van der Waals surface area contributed by atoms with E-state index in [0.717, 1.165) is 5.56 Å². The van der Waals surface area contributed by atoms with Crippen LogP contribution >= 0.6 is 0 Å². The molecule has 1 unspecified atom stereocenters. The van der Waals surface area contributed by atoms with Crippen molar-refractivity contribution in [1.29, 1.82) is 0 Å². The van der Waals surface area contributed by atoms with Gasteiger partial charge in [-0.15, -0.1) is 0 Å². The summed E-state index contributed by atoms with van der Waals surface area (Å²) in [6, 6.07) is 7.48. The lowest BCUT2D eigenvalue weighted by atomic mass is 10.1. The summed E-state index contributed by atoms with van der Waals surface area (Å²) in [7, 11) is -3.37. The molecule has 0 bridgehead atoms. The number of nitrogens with one attached hydrogen (secondary N) is 1. The quantitative estimate of drug-likeness (QED) is 0.791. The third kappa shape index (κ3) is 6.22. The standard InChI is InChI=1S/C17H28N2O3S/c1-13(2)15(4)18-17(20)11-8-12-19(23(5,21)22)16-10-7-6-9-14(16)3/h6-7,9-10,13,15H,8,11-12H2,1-5H3,(H,18,20). The molecule has 1 amide bonds. The van der Waals surface area contributed by atoms with E-state index in [1.807, 2.05) is 32.0 Å². The van der Waals surface area contributed by atoms with E-state index in [1.165, 1.54) is 10.6 Å². The number of amides is 1. The van der Waals surface area contributed by atoms with E-state index in [-0.39, 0.29) is 11.9 Å². The lowest BCUT2D eigenvalue weighted by Gasteiger charge is -2.24. The molecule has 1 atom stereocenters. The van der Waals surface area contributed by atoms with Gasteiger partial charge in [-0.3, -0.25) is 9.10 Å². The molecule has 0 fully saturated rings. The van der Waals surface area contributed by atoms with Crippen molar-refractivity contribution in [3.63, 3.8) is 0 Å². The third-order valence-electron chi connectivity index (χ3n) is 3.94. The van der Waals surface area contributed by atoms with E-state index in [9.17, 15) is 13.2 Å². The molecule has 0 radical (unpaired) electrons. The number of hydrogen-bond acceptors (Lipinski definition) is 3. The number of para-hydroxylation sites is 1. The summed E-state index contributed by atoms with van der Waals surface area (Å²) in [5.74, 6) is 0.336. The van der Waals surface area contributed by atoms with Crippen LogP contribution in [-0.4, -0.2) is 33.2 Å². The molecule has 0 aliphatic rings. The molecular weight excluding hydrogens is 312 g/mol. The summed E-state index contributed by atoms with van der Waals surface area (Å²) in [4.78, 5) is 11.9. The Balaban J connectivity index is 2.68. The van der Waals surface area contributed by atoms with Gasteiger partial charge in [0.1, 0.15) is 0 Å². The molecule has 0 saturated carbocycles. The Labute approximate surface area is 140 Å². The molecule has 6 heteroatoms. The van der Waals surface area contributed by atoms with Gasteiger partial charge in [-0.1, -0.05) is 32.0 Å². The van der Waals surface area contributed by atoms with Crippen molar-refractivity contribution in [2.24, 2.45) is 5.92 Å². The van der Waals surface area contributed by atoms with Gasteiger partial charge in [-0.2, -0.15) is 0 Å². The van der Waals surface area contributed by atoms with Gasteiger partial charge in [0.2, 0.25) is 15.9 Å². The van der Waals surface area contributed by atoms with Crippen LogP contribution in [0.3, 0.4) is 0 Å². The second-order valence-corrected chi connectivity index (χ2v) is 8.23. The lowest BCUT2D eigenvalue weighted by molar-refractivity contribution is -0.122. The highest BCUT2D eigenvalue weighted by Gasteiger charge is 2.19. The Hall–Kier alpha value is -1.56. The number of hydrogen-bond donors (Lipinski definition) is 1. The summed E-state index contributed by atoms with van der Waals surface area (Å²) in [6.07, 6.45) is 1.99. The molecule has 23 heavy (non-hydrogen) atoms. The van der Waals surface area contributed by atoms with Gasteiger partial charge in [0.05, 0.1) is 11.9 Å². The molecule has 0 spiro atoms. The van der Waals surface area contributed by atoms with Gasteiger partial charge in [-0.25, -0.2) is 8.42 Å². The van der Waals surface area contributed by atoms with Crippen LogP contribution in [0.2, 0.25) is 0 Å². The van der Waals surface area contributed by atoms with Crippen molar-refractivity contribution in [2.45, 2.75) is 46.6 Å². The second kappa shape index (κ2) is 8.34. The summed E-state index contributed by atoms with van der Waals surface area (Å²) >= 11 is 0. The second-order valence-electron chi connectivity index (χ2n) is 6.33. The van der Waals surface area contributed by atoms with E-state index in [1.54, 1.807) is 6.07 Å². The van der Waals surface area contributed by atoms with E-state index >= 15 is 0 Å². The van der Waals surface area contributed by atoms with Gasteiger partial charge >= 0.3 is 0 Å². The van der Waals surface area contributed by atoms with Gasteiger partial charge in [-0.05, 0) is 37.8 Å². The van der Waals surface area contributed by atoms with Crippen LogP contribution in [0.1, 0.15) is 39.2 Å². The summed E-state index contributed by atoms with van der Waals surface area (Å²) in [5, 5.41) is 2.94. The SMILES string of the molecule is Cc1ccccc1N(CCCC(=O)NC(C)C(C)C)S(C)(=O)=O. The Morgan fingerprint density at radius 3 is 2.35 bits per heavy atom. The fraction of sp³-hybridized carbons (Fsp3) is 0.588. The molecule has 5 nitrogen and oxygen atoms in total. The smallest absolute Gasteiger partial charge is 0.232 e. The number of sulfonamides is 1. The highest BCUT2D eigenvalue weighted by Crippen LogP contribution is 2.22. The maximum atomic E-state index is 12.1. The molecule has 130 valence electrons. The fourth-order valence-electron chi connectivity index (χ4n) is 2.18.